The number of carbonyl (C=O) groups is 1. The maximum Gasteiger partial charge on any atom is 0.230 e. The van der Waals surface area contributed by atoms with Crippen LogP contribution >= 0.6 is 11.8 Å². The molecule has 0 radical (unpaired) electrons. The molecule has 0 bridgehead atoms. The van der Waals surface area contributed by atoms with Crippen LogP contribution in [0.3, 0.4) is 0 Å². The first-order chi connectivity index (χ1) is 14.6. The van der Waals surface area contributed by atoms with Crippen LogP contribution in [0.1, 0.15) is 33.1 Å². The van der Waals surface area contributed by atoms with Crippen LogP contribution in [-0.4, -0.2) is 32.5 Å². The van der Waals surface area contributed by atoms with Gasteiger partial charge in [0.15, 0.2) is 11.0 Å². The molecule has 1 saturated carbocycles. The second kappa shape index (κ2) is 9.47. The number of benzene rings is 2. The Balaban J connectivity index is 1.52. The number of aromatic nitrogens is 3. The molecule has 0 spiro atoms. The fourth-order valence-corrected chi connectivity index (χ4v) is 4.87. The van der Waals surface area contributed by atoms with E-state index in [0.29, 0.717) is 17.6 Å². The highest BCUT2D eigenvalue weighted by molar-refractivity contribution is 7.99. The second-order valence-corrected chi connectivity index (χ2v) is 9.02. The lowest BCUT2D eigenvalue weighted by Gasteiger charge is -2.34. The third kappa shape index (κ3) is 4.59. The molecule has 30 heavy (non-hydrogen) atoms. The van der Waals surface area contributed by atoms with Crippen LogP contribution in [0.5, 0.6) is 0 Å². The predicted octanol–water partition coefficient (Wildman–Crippen LogP) is 4.97. The van der Waals surface area contributed by atoms with Gasteiger partial charge in [0.2, 0.25) is 5.91 Å². The first kappa shape index (κ1) is 20.7. The van der Waals surface area contributed by atoms with Crippen molar-refractivity contribution in [2.75, 3.05) is 5.75 Å². The van der Waals surface area contributed by atoms with Gasteiger partial charge in [-0.15, -0.1) is 10.2 Å². The molecular weight excluding hydrogens is 392 g/mol. The topological polar surface area (TPSA) is 59.8 Å². The van der Waals surface area contributed by atoms with Gasteiger partial charge in [-0.3, -0.25) is 9.36 Å². The highest BCUT2D eigenvalue weighted by Gasteiger charge is 2.28. The van der Waals surface area contributed by atoms with Gasteiger partial charge in [-0.25, -0.2) is 0 Å². The van der Waals surface area contributed by atoms with E-state index in [9.17, 15) is 4.79 Å². The quantitative estimate of drug-likeness (QED) is 0.572. The second-order valence-electron chi connectivity index (χ2n) is 8.07. The summed E-state index contributed by atoms with van der Waals surface area (Å²) in [7, 11) is 0. The van der Waals surface area contributed by atoms with Crippen LogP contribution in [0, 0.1) is 11.8 Å². The first-order valence-corrected chi connectivity index (χ1v) is 11.6. The summed E-state index contributed by atoms with van der Waals surface area (Å²) in [6, 6.07) is 20.3. The largest absolute Gasteiger partial charge is 0.352 e. The summed E-state index contributed by atoms with van der Waals surface area (Å²) in [6.07, 6.45) is 3.51. The van der Waals surface area contributed by atoms with Gasteiger partial charge in [0.25, 0.3) is 0 Å². The van der Waals surface area contributed by atoms with Crippen molar-refractivity contribution in [2.24, 2.45) is 11.8 Å². The number of carbonyl (C=O) groups excluding carboxylic acids is 1. The van der Waals surface area contributed by atoms with Crippen LogP contribution < -0.4 is 5.32 Å². The highest BCUT2D eigenvalue weighted by atomic mass is 32.2. The summed E-state index contributed by atoms with van der Waals surface area (Å²) in [5.41, 5.74) is 1.98. The minimum Gasteiger partial charge on any atom is -0.352 e. The molecule has 1 amide bonds. The average molecular weight is 421 g/mol. The fourth-order valence-electron chi connectivity index (χ4n) is 4.11. The Morgan fingerprint density at radius 3 is 2.47 bits per heavy atom. The number of rotatable bonds is 6. The van der Waals surface area contributed by atoms with Crippen LogP contribution in [0.2, 0.25) is 0 Å². The van der Waals surface area contributed by atoms with Crippen molar-refractivity contribution in [3.05, 3.63) is 60.7 Å². The molecule has 5 nitrogen and oxygen atoms in total. The molecule has 156 valence electrons. The Morgan fingerprint density at radius 2 is 1.73 bits per heavy atom. The Kier molecular flexibility index (Phi) is 6.53. The molecule has 1 aliphatic rings. The summed E-state index contributed by atoms with van der Waals surface area (Å²) in [4.78, 5) is 12.7. The molecule has 1 heterocycles. The van der Waals surface area contributed by atoms with Gasteiger partial charge < -0.3 is 5.32 Å². The lowest BCUT2D eigenvalue weighted by Crippen LogP contribution is -2.44. The summed E-state index contributed by atoms with van der Waals surface area (Å²) in [5, 5.41) is 12.8. The van der Waals surface area contributed by atoms with E-state index in [1.165, 1.54) is 24.6 Å². The molecule has 1 aliphatic carbocycles. The van der Waals surface area contributed by atoms with Gasteiger partial charge in [-0.05, 0) is 30.4 Å². The summed E-state index contributed by atoms with van der Waals surface area (Å²) >= 11 is 1.43. The standard InChI is InChI=1S/C24H28N4OS/c1-17-10-9-15-21(18(17)2)25-22(29)16-30-24-27-26-23(19-11-5-3-6-12-19)28(24)20-13-7-4-8-14-20/h3-8,11-14,17-18,21H,9-10,15-16H2,1-2H3,(H,25,29)/t17-,18+,21-/m0/s1. The third-order valence-electron chi connectivity index (χ3n) is 6.07. The lowest BCUT2D eigenvalue weighted by atomic mass is 9.78. The van der Waals surface area contributed by atoms with Crippen LogP contribution in [0.4, 0.5) is 0 Å². The zero-order valence-electron chi connectivity index (χ0n) is 17.5. The van der Waals surface area contributed by atoms with E-state index in [1.807, 2.05) is 65.2 Å². The van der Waals surface area contributed by atoms with E-state index in [-0.39, 0.29) is 11.9 Å². The Morgan fingerprint density at radius 1 is 1.03 bits per heavy atom. The first-order valence-electron chi connectivity index (χ1n) is 10.6. The zero-order chi connectivity index (χ0) is 20.9. The molecule has 2 aromatic carbocycles. The normalized spacial score (nSPS) is 21.3. The molecule has 6 heteroatoms. The molecule has 0 unspecified atom stereocenters. The van der Waals surface area contributed by atoms with Crippen molar-refractivity contribution in [3.63, 3.8) is 0 Å². The van der Waals surface area contributed by atoms with Gasteiger partial charge in [0, 0.05) is 17.3 Å². The van der Waals surface area contributed by atoms with E-state index in [1.54, 1.807) is 0 Å². The third-order valence-corrected chi connectivity index (χ3v) is 6.99. The van der Waals surface area contributed by atoms with Gasteiger partial charge in [0.1, 0.15) is 0 Å². The number of nitrogens with zero attached hydrogens (tertiary/aromatic N) is 3. The molecule has 0 saturated heterocycles. The average Bonchev–Trinajstić information content (AvgIpc) is 3.21. The number of hydrogen-bond acceptors (Lipinski definition) is 4. The van der Waals surface area contributed by atoms with E-state index in [0.717, 1.165) is 28.7 Å². The summed E-state index contributed by atoms with van der Waals surface area (Å²) in [5.74, 6) is 2.35. The molecule has 3 aromatic rings. The Bertz CT molecular complexity index is 973. The maximum absolute atomic E-state index is 12.7. The number of thioether (sulfide) groups is 1. The van der Waals surface area contributed by atoms with Crippen LogP contribution in [-0.2, 0) is 4.79 Å². The maximum atomic E-state index is 12.7. The molecule has 4 rings (SSSR count). The predicted molar refractivity (Wildman–Crippen MR) is 122 cm³/mol. The minimum absolute atomic E-state index is 0.0647. The summed E-state index contributed by atoms with van der Waals surface area (Å²) in [6.45, 7) is 4.53. The summed E-state index contributed by atoms with van der Waals surface area (Å²) < 4.78 is 2.03. The van der Waals surface area contributed by atoms with Gasteiger partial charge in [0.05, 0.1) is 5.75 Å². The molecule has 0 aliphatic heterocycles. The van der Waals surface area contributed by atoms with Crippen molar-refractivity contribution in [3.8, 4) is 17.1 Å². The van der Waals surface area contributed by atoms with E-state index in [2.05, 4.69) is 29.4 Å². The molecular formula is C24H28N4OS. The molecule has 1 aromatic heterocycles. The molecule has 3 atom stereocenters. The minimum atomic E-state index is 0.0647. The Labute approximate surface area is 182 Å². The monoisotopic (exact) mass is 420 g/mol. The zero-order valence-corrected chi connectivity index (χ0v) is 18.3. The molecule has 1 fully saturated rings. The molecule has 1 N–H and O–H groups in total. The van der Waals surface area contributed by atoms with Crippen molar-refractivity contribution in [1.29, 1.82) is 0 Å². The van der Waals surface area contributed by atoms with Crippen LogP contribution in [0.25, 0.3) is 17.1 Å². The van der Waals surface area contributed by atoms with Gasteiger partial charge in [-0.2, -0.15) is 0 Å². The van der Waals surface area contributed by atoms with Gasteiger partial charge in [-0.1, -0.05) is 87.0 Å². The number of nitrogens with one attached hydrogen (secondary N) is 1. The van der Waals surface area contributed by atoms with Crippen molar-refractivity contribution in [2.45, 2.75) is 44.3 Å². The fraction of sp³-hybridized carbons (Fsp3) is 0.375. The number of hydrogen-bond donors (Lipinski definition) is 1. The van der Waals surface area contributed by atoms with Crippen molar-refractivity contribution < 1.29 is 4.79 Å². The van der Waals surface area contributed by atoms with E-state index >= 15 is 0 Å². The van der Waals surface area contributed by atoms with Gasteiger partial charge >= 0.3 is 0 Å². The number of amides is 1. The van der Waals surface area contributed by atoms with Crippen LogP contribution in [0.15, 0.2) is 65.8 Å². The van der Waals surface area contributed by atoms with E-state index < -0.39 is 0 Å². The Hall–Kier alpha value is -2.60. The number of para-hydroxylation sites is 1. The lowest BCUT2D eigenvalue weighted by molar-refractivity contribution is -0.120. The van der Waals surface area contributed by atoms with Crippen molar-refractivity contribution >= 4 is 17.7 Å². The smallest absolute Gasteiger partial charge is 0.230 e. The SMILES string of the molecule is C[C@H]1[C@@H](NC(=O)CSc2nnc(-c3ccccc3)n2-c2ccccc2)CCC[C@@H]1C. The van der Waals surface area contributed by atoms with Crippen molar-refractivity contribution in [1.82, 2.24) is 20.1 Å². The highest BCUT2D eigenvalue weighted by Crippen LogP contribution is 2.30. The van der Waals surface area contributed by atoms with E-state index in [4.69, 9.17) is 0 Å².